The summed E-state index contributed by atoms with van der Waals surface area (Å²) in [5.41, 5.74) is 0.774. The van der Waals surface area contributed by atoms with E-state index >= 15 is 0 Å². The zero-order chi connectivity index (χ0) is 10.9. The highest BCUT2D eigenvalue weighted by atomic mass is 16.5. The van der Waals surface area contributed by atoms with Gasteiger partial charge in [0.15, 0.2) is 0 Å². The lowest BCUT2D eigenvalue weighted by atomic mass is 9.89. The van der Waals surface area contributed by atoms with E-state index in [-0.39, 0.29) is 12.2 Å². The molecule has 0 spiro atoms. The first-order chi connectivity index (χ1) is 7.09. The van der Waals surface area contributed by atoms with Gasteiger partial charge in [0, 0.05) is 0 Å². The lowest BCUT2D eigenvalue weighted by molar-refractivity contribution is -0.172. The molecule has 2 rings (SSSR count). The van der Waals surface area contributed by atoms with E-state index in [4.69, 9.17) is 4.74 Å². The Morgan fingerprint density at radius 2 is 1.87 bits per heavy atom. The highest BCUT2D eigenvalue weighted by molar-refractivity contribution is 5.18. The summed E-state index contributed by atoms with van der Waals surface area (Å²) >= 11 is 0. The Labute approximate surface area is 90.9 Å². The molecule has 0 saturated carbocycles. The van der Waals surface area contributed by atoms with Crippen molar-refractivity contribution in [2.45, 2.75) is 44.5 Å². The molecule has 0 aromatic heterocycles. The number of rotatable bonds is 1. The number of benzene rings is 1. The first-order valence-corrected chi connectivity index (χ1v) is 5.50. The third-order valence-electron chi connectivity index (χ3n) is 3.12. The molecule has 82 valence electrons. The fourth-order valence-corrected chi connectivity index (χ4v) is 2.06. The molecule has 1 aromatic carbocycles. The Morgan fingerprint density at radius 3 is 2.47 bits per heavy atom. The van der Waals surface area contributed by atoms with Crippen molar-refractivity contribution >= 4 is 0 Å². The Kier molecular flexibility index (Phi) is 2.81. The van der Waals surface area contributed by atoms with E-state index in [1.165, 1.54) is 5.56 Å². The molecule has 1 saturated heterocycles. The molecule has 0 aliphatic carbocycles. The van der Waals surface area contributed by atoms with E-state index in [1.807, 2.05) is 32.0 Å². The van der Waals surface area contributed by atoms with Crippen molar-refractivity contribution in [2.75, 3.05) is 0 Å². The third kappa shape index (κ3) is 2.21. The molecule has 2 atom stereocenters. The predicted molar refractivity (Wildman–Crippen MR) is 59.6 cm³/mol. The Morgan fingerprint density at radius 1 is 1.20 bits per heavy atom. The van der Waals surface area contributed by atoms with Crippen LogP contribution in [0.5, 0.6) is 0 Å². The van der Waals surface area contributed by atoms with Crippen LogP contribution in [0.4, 0.5) is 0 Å². The van der Waals surface area contributed by atoms with Crippen LogP contribution in [0, 0.1) is 0 Å². The van der Waals surface area contributed by atoms with Crippen LogP contribution in [0.2, 0.25) is 0 Å². The SMILES string of the molecule is CC1(C)O[C@@H](c2ccccc2)CC[C@H]1O. The predicted octanol–water partition coefficient (Wildman–Crippen LogP) is 2.68. The number of hydrogen-bond donors (Lipinski definition) is 1. The van der Waals surface area contributed by atoms with Crippen LogP contribution < -0.4 is 0 Å². The van der Waals surface area contributed by atoms with Gasteiger partial charge in [0.05, 0.1) is 17.8 Å². The second-order valence-corrected chi connectivity index (χ2v) is 4.71. The van der Waals surface area contributed by atoms with Crippen molar-refractivity contribution in [1.82, 2.24) is 0 Å². The molecule has 1 aliphatic rings. The van der Waals surface area contributed by atoms with E-state index in [0.717, 1.165) is 12.8 Å². The van der Waals surface area contributed by atoms with Gasteiger partial charge in [0.25, 0.3) is 0 Å². The summed E-state index contributed by atoms with van der Waals surface area (Å²) in [7, 11) is 0. The molecule has 1 fully saturated rings. The van der Waals surface area contributed by atoms with Gasteiger partial charge in [-0.25, -0.2) is 0 Å². The van der Waals surface area contributed by atoms with Crippen molar-refractivity contribution in [1.29, 1.82) is 0 Å². The summed E-state index contributed by atoms with van der Waals surface area (Å²) in [5.74, 6) is 0. The van der Waals surface area contributed by atoms with Crippen LogP contribution in [0.15, 0.2) is 30.3 Å². The van der Waals surface area contributed by atoms with E-state index in [0.29, 0.717) is 0 Å². The summed E-state index contributed by atoms with van der Waals surface area (Å²) in [5, 5.41) is 9.78. The maximum Gasteiger partial charge on any atom is 0.0892 e. The van der Waals surface area contributed by atoms with Crippen LogP contribution in [-0.2, 0) is 4.74 Å². The van der Waals surface area contributed by atoms with Crippen LogP contribution in [-0.4, -0.2) is 16.8 Å². The zero-order valence-electron chi connectivity index (χ0n) is 9.31. The molecule has 15 heavy (non-hydrogen) atoms. The summed E-state index contributed by atoms with van der Waals surface area (Å²) in [6.45, 7) is 3.90. The van der Waals surface area contributed by atoms with Gasteiger partial charge in [0.2, 0.25) is 0 Å². The highest BCUT2D eigenvalue weighted by Crippen LogP contribution is 2.36. The molecule has 2 heteroatoms. The molecule has 2 nitrogen and oxygen atoms in total. The summed E-state index contributed by atoms with van der Waals surface area (Å²) < 4.78 is 5.92. The van der Waals surface area contributed by atoms with Crippen molar-refractivity contribution < 1.29 is 9.84 Å². The molecule has 1 aliphatic heterocycles. The second-order valence-electron chi connectivity index (χ2n) is 4.71. The Bertz CT molecular complexity index is 319. The van der Waals surface area contributed by atoms with Gasteiger partial charge < -0.3 is 9.84 Å². The van der Waals surface area contributed by atoms with Gasteiger partial charge in [-0.2, -0.15) is 0 Å². The Hall–Kier alpha value is -0.860. The van der Waals surface area contributed by atoms with Gasteiger partial charge in [-0.1, -0.05) is 30.3 Å². The maximum absolute atomic E-state index is 9.78. The lowest BCUT2D eigenvalue weighted by Crippen LogP contribution is -2.43. The third-order valence-corrected chi connectivity index (χ3v) is 3.12. The fourth-order valence-electron chi connectivity index (χ4n) is 2.06. The average molecular weight is 206 g/mol. The molecular formula is C13H18O2. The first kappa shape index (κ1) is 10.7. The van der Waals surface area contributed by atoms with Crippen molar-refractivity contribution in [3.05, 3.63) is 35.9 Å². The van der Waals surface area contributed by atoms with Crippen molar-refractivity contribution in [3.8, 4) is 0 Å². The quantitative estimate of drug-likeness (QED) is 0.765. The second kappa shape index (κ2) is 3.95. The van der Waals surface area contributed by atoms with E-state index in [9.17, 15) is 5.11 Å². The van der Waals surface area contributed by atoms with Gasteiger partial charge in [-0.05, 0) is 32.3 Å². The van der Waals surface area contributed by atoms with E-state index < -0.39 is 5.60 Å². The standard InChI is InChI=1S/C13H18O2/c1-13(2)12(14)9-8-11(15-13)10-6-4-3-5-7-10/h3-7,11-12,14H,8-9H2,1-2H3/t11-,12-/m1/s1. The summed E-state index contributed by atoms with van der Waals surface area (Å²) in [6.07, 6.45) is 1.49. The minimum atomic E-state index is -0.432. The molecule has 0 unspecified atom stereocenters. The molecule has 0 bridgehead atoms. The summed E-state index contributed by atoms with van der Waals surface area (Å²) in [4.78, 5) is 0. The smallest absolute Gasteiger partial charge is 0.0892 e. The van der Waals surface area contributed by atoms with Gasteiger partial charge in [-0.15, -0.1) is 0 Å². The molecule has 0 amide bonds. The van der Waals surface area contributed by atoms with Gasteiger partial charge in [0.1, 0.15) is 0 Å². The fraction of sp³-hybridized carbons (Fsp3) is 0.538. The molecule has 1 heterocycles. The minimum absolute atomic E-state index is 0.129. The van der Waals surface area contributed by atoms with Crippen LogP contribution in [0.3, 0.4) is 0 Å². The minimum Gasteiger partial charge on any atom is -0.390 e. The van der Waals surface area contributed by atoms with Crippen LogP contribution in [0.1, 0.15) is 38.4 Å². The van der Waals surface area contributed by atoms with E-state index in [1.54, 1.807) is 0 Å². The molecule has 1 N–H and O–H groups in total. The normalized spacial score (nSPS) is 30.1. The van der Waals surface area contributed by atoms with E-state index in [2.05, 4.69) is 12.1 Å². The van der Waals surface area contributed by atoms with Gasteiger partial charge >= 0.3 is 0 Å². The molecule has 0 radical (unpaired) electrons. The number of hydrogen-bond acceptors (Lipinski definition) is 2. The largest absolute Gasteiger partial charge is 0.390 e. The number of aliphatic hydroxyl groups is 1. The zero-order valence-corrected chi connectivity index (χ0v) is 9.31. The van der Waals surface area contributed by atoms with Crippen LogP contribution >= 0.6 is 0 Å². The van der Waals surface area contributed by atoms with Crippen molar-refractivity contribution in [2.24, 2.45) is 0 Å². The lowest BCUT2D eigenvalue weighted by Gasteiger charge is -2.40. The van der Waals surface area contributed by atoms with Gasteiger partial charge in [-0.3, -0.25) is 0 Å². The topological polar surface area (TPSA) is 29.5 Å². The maximum atomic E-state index is 9.78. The highest BCUT2D eigenvalue weighted by Gasteiger charge is 2.36. The van der Waals surface area contributed by atoms with Crippen LogP contribution in [0.25, 0.3) is 0 Å². The first-order valence-electron chi connectivity index (χ1n) is 5.50. The monoisotopic (exact) mass is 206 g/mol. The average Bonchev–Trinajstić information content (AvgIpc) is 2.23. The molecule has 1 aromatic rings. The Balaban J connectivity index is 2.14. The van der Waals surface area contributed by atoms with Crippen molar-refractivity contribution in [3.63, 3.8) is 0 Å². The molecular weight excluding hydrogens is 188 g/mol. The summed E-state index contributed by atoms with van der Waals surface area (Å²) in [6, 6.07) is 10.2. The number of ether oxygens (including phenoxy) is 1. The number of aliphatic hydroxyl groups excluding tert-OH is 1.